The Morgan fingerprint density at radius 3 is 2.50 bits per heavy atom. The lowest BCUT2D eigenvalue weighted by Crippen LogP contribution is -2.47. The van der Waals surface area contributed by atoms with Crippen LogP contribution < -0.4 is 9.47 Å². The van der Waals surface area contributed by atoms with Crippen molar-refractivity contribution in [2.24, 2.45) is 5.92 Å². The van der Waals surface area contributed by atoms with E-state index in [2.05, 4.69) is 11.8 Å². The third-order valence-corrected chi connectivity index (χ3v) is 6.98. The summed E-state index contributed by atoms with van der Waals surface area (Å²) in [5, 5.41) is 20.5. The maximum absolute atomic E-state index is 10.1. The largest absolute Gasteiger partial charge is 0.508 e. The zero-order chi connectivity index (χ0) is 23.7. The zero-order valence-electron chi connectivity index (χ0n) is 19.1. The fraction of sp³-hybridized carbons (Fsp3) is 0.286. The van der Waals surface area contributed by atoms with Crippen LogP contribution in [-0.4, -0.2) is 41.4 Å². The summed E-state index contributed by atoms with van der Waals surface area (Å²) in [5.74, 6) is 2.50. The van der Waals surface area contributed by atoms with Crippen LogP contribution in [0, 0.1) is 5.92 Å². The molecule has 0 amide bonds. The Balaban J connectivity index is 1.38. The number of hydrogen-bond donors (Lipinski definition) is 2. The van der Waals surface area contributed by atoms with Gasteiger partial charge in [-0.1, -0.05) is 49.2 Å². The average Bonchev–Trinajstić information content (AvgIpc) is 2.81. The van der Waals surface area contributed by atoms with Gasteiger partial charge in [0.25, 0.3) is 0 Å². The monoisotopic (exact) mass is 477 g/mol. The number of rotatable bonds is 7. The zero-order valence-corrected chi connectivity index (χ0v) is 19.8. The maximum atomic E-state index is 10.1. The molecule has 0 radical (unpaired) electrons. The Labute approximate surface area is 204 Å². The second-order valence-electron chi connectivity index (χ2n) is 8.91. The van der Waals surface area contributed by atoms with Crippen LogP contribution in [0.2, 0.25) is 0 Å². The van der Waals surface area contributed by atoms with Crippen LogP contribution >= 0.6 is 11.6 Å². The number of nitrogens with zero attached hydrogens (tertiary/aromatic N) is 1. The van der Waals surface area contributed by atoms with Crippen LogP contribution in [0.1, 0.15) is 36.1 Å². The molecule has 6 heteroatoms. The Morgan fingerprint density at radius 2 is 1.76 bits per heavy atom. The summed E-state index contributed by atoms with van der Waals surface area (Å²) in [6.45, 7) is 6.18. The normalized spacial score (nSPS) is 18.2. The van der Waals surface area contributed by atoms with Gasteiger partial charge in [0.1, 0.15) is 29.6 Å². The fourth-order valence-corrected chi connectivity index (χ4v) is 4.93. The molecule has 0 aliphatic carbocycles. The predicted octanol–water partition coefficient (Wildman–Crippen LogP) is 6.06. The quantitative estimate of drug-likeness (QED) is 0.433. The predicted molar refractivity (Wildman–Crippen MR) is 134 cm³/mol. The van der Waals surface area contributed by atoms with Gasteiger partial charge >= 0.3 is 0 Å². The summed E-state index contributed by atoms with van der Waals surface area (Å²) in [5.41, 5.74) is 3.01. The van der Waals surface area contributed by atoms with Gasteiger partial charge in [-0.3, -0.25) is 4.90 Å². The highest BCUT2D eigenvalue weighted by Crippen LogP contribution is 2.49. The smallest absolute Gasteiger partial charge is 0.151 e. The Hall–Kier alpha value is -3.15. The van der Waals surface area contributed by atoms with Crippen LogP contribution in [0.4, 0.5) is 0 Å². The molecule has 0 spiro atoms. The third-order valence-electron chi connectivity index (χ3n) is 6.57. The summed E-state index contributed by atoms with van der Waals surface area (Å²) in [6, 6.07) is 19.7. The molecule has 1 fully saturated rings. The minimum absolute atomic E-state index is 0.110. The molecule has 3 aromatic rings. The lowest BCUT2D eigenvalue weighted by atomic mass is 9.90. The van der Waals surface area contributed by atoms with Gasteiger partial charge in [-0.25, -0.2) is 0 Å². The molecule has 176 valence electrons. The molecular weight excluding hydrogens is 450 g/mol. The van der Waals surface area contributed by atoms with Crippen LogP contribution in [-0.2, 0) is 0 Å². The van der Waals surface area contributed by atoms with E-state index in [1.807, 2.05) is 30.3 Å². The molecule has 2 aliphatic rings. The second kappa shape index (κ2) is 9.61. The van der Waals surface area contributed by atoms with Crippen LogP contribution in [0.3, 0.4) is 0 Å². The van der Waals surface area contributed by atoms with Gasteiger partial charge < -0.3 is 19.7 Å². The highest BCUT2D eigenvalue weighted by atomic mass is 35.5. The summed E-state index contributed by atoms with van der Waals surface area (Å²) in [4.78, 5) is 2.42. The summed E-state index contributed by atoms with van der Waals surface area (Å²) >= 11 is 6.86. The van der Waals surface area contributed by atoms with Gasteiger partial charge in [0, 0.05) is 30.8 Å². The van der Waals surface area contributed by atoms with Crippen LogP contribution in [0.5, 0.6) is 23.0 Å². The number of hydrogen-bond acceptors (Lipinski definition) is 5. The van der Waals surface area contributed by atoms with Gasteiger partial charge in [-0.15, -0.1) is 0 Å². The van der Waals surface area contributed by atoms with E-state index in [1.54, 1.807) is 36.4 Å². The first-order chi connectivity index (χ1) is 16.5. The molecule has 2 N–H and O–H groups in total. The van der Waals surface area contributed by atoms with Crippen molar-refractivity contribution >= 4 is 22.2 Å². The number of aromatic hydroxyl groups is 2. The topological polar surface area (TPSA) is 62.2 Å². The van der Waals surface area contributed by atoms with Crippen molar-refractivity contribution in [3.05, 3.63) is 83.4 Å². The van der Waals surface area contributed by atoms with E-state index in [4.69, 9.17) is 21.1 Å². The molecule has 1 atom stereocenters. The summed E-state index contributed by atoms with van der Waals surface area (Å²) in [7, 11) is 0. The number of halogens is 1. The van der Waals surface area contributed by atoms with E-state index in [9.17, 15) is 10.2 Å². The van der Waals surface area contributed by atoms with Gasteiger partial charge in [0.15, 0.2) is 6.10 Å². The lowest BCUT2D eigenvalue weighted by Gasteiger charge is -2.38. The van der Waals surface area contributed by atoms with Gasteiger partial charge in [0.05, 0.1) is 5.03 Å². The van der Waals surface area contributed by atoms with Crippen molar-refractivity contribution in [3.8, 4) is 23.0 Å². The van der Waals surface area contributed by atoms with Gasteiger partial charge in [0.2, 0.25) is 0 Å². The molecule has 1 saturated heterocycles. The summed E-state index contributed by atoms with van der Waals surface area (Å²) < 4.78 is 12.3. The van der Waals surface area contributed by atoms with E-state index in [-0.39, 0.29) is 11.5 Å². The number of fused-ring (bicyclic) bond motifs is 1. The molecule has 0 unspecified atom stereocenters. The Morgan fingerprint density at radius 1 is 1.00 bits per heavy atom. The number of benzene rings is 3. The fourth-order valence-electron chi connectivity index (χ4n) is 4.57. The van der Waals surface area contributed by atoms with Crippen molar-refractivity contribution in [1.29, 1.82) is 0 Å². The lowest BCUT2D eigenvalue weighted by molar-refractivity contribution is 0.0806. The molecule has 5 nitrogen and oxygen atoms in total. The van der Waals surface area contributed by atoms with Crippen molar-refractivity contribution in [2.75, 3.05) is 26.2 Å². The van der Waals surface area contributed by atoms with Crippen molar-refractivity contribution in [1.82, 2.24) is 4.90 Å². The van der Waals surface area contributed by atoms with Crippen LogP contribution in [0.25, 0.3) is 10.6 Å². The van der Waals surface area contributed by atoms with E-state index >= 15 is 0 Å². The van der Waals surface area contributed by atoms with Crippen molar-refractivity contribution in [3.63, 3.8) is 0 Å². The van der Waals surface area contributed by atoms with E-state index < -0.39 is 6.10 Å². The minimum atomic E-state index is -0.479. The van der Waals surface area contributed by atoms with Gasteiger partial charge in [-0.2, -0.15) is 0 Å². The molecule has 5 rings (SSSR count). The first-order valence-corrected chi connectivity index (χ1v) is 12.0. The molecule has 0 aromatic heterocycles. The molecule has 2 aliphatic heterocycles. The number of phenols is 2. The molecule has 34 heavy (non-hydrogen) atoms. The highest BCUT2D eigenvalue weighted by Gasteiger charge is 2.31. The average molecular weight is 478 g/mol. The molecular formula is C28H28ClNO4. The number of ether oxygens (including phenoxy) is 2. The number of phenolic OH excluding ortho intramolecular Hbond substituents is 2. The molecule has 0 saturated carbocycles. The Bertz CT molecular complexity index is 1200. The second-order valence-corrected chi connectivity index (χ2v) is 9.29. The van der Waals surface area contributed by atoms with Gasteiger partial charge in [-0.05, 0) is 59.5 Å². The number of likely N-dealkylation sites (tertiary alicyclic amines) is 1. The minimum Gasteiger partial charge on any atom is -0.508 e. The van der Waals surface area contributed by atoms with Crippen molar-refractivity contribution in [2.45, 2.75) is 19.4 Å². The van der Waals surface area contributed by atoms with Crippen molar-refractivity contribution < 1.29 is 19.7 Å². The molecule has 2 heterocycles. The van der Waals surface area contributed by atoms with E-state index in [0.29, 0.717) is 23.0 Å². The molecule has 3 aromatic carbocycles. The standard InChI is InChI=1S/C28H28ClNO4/c1-2-18-16-30(17-18)12-13-33-23-9-6-19(7-10-23)28-26(20-4-3-5-21(31)14-20)27(29)24-15-22(32)8-11-25(24)34-28/h3-11,14-15,18,28,31-32H,2,12-13,16-17H2,1H3/t28-/m1/s1. The Kier molecular flexibility index (Phi) is 6.40. The third kappa shape index (κ3) is 4.59. The maximum Gasteiger partial charge on any atom is 0.151 e. The summed E-state index contributed by atoms with van der Waals surface area (Å²) in [6.07, 6.45) is 0.768. The highest BCUT2D eigenvalue weighted by molar-refractivity contribution is 6.53. The molecule has 0 bridgehead atoms. The van der Waals surface area contributed by atoms with Crippen LogP contribution in [0.15, 0.2) is 66.7 Å². The van der Waals surface area contributed by atoms with E-state index in [0.717, 1.165) is 34.9 Å². The first-order valence-electron chi connectivity index (χ1n) is 11.7. The first kappa shape index (κ1) is 22.6. The van der Waals surface area contributed by atoms with E-state index in [1.165, 1.54) is 19.5 Å². The SMILES string of the molecule is CCC1CN(CCOc2ccc([C@H]3Oc4ccc(O)cc4C(Cl)=C3c3cccc(O)c3)cc2)C1.